The first-order chi connectivity index (χ1) is 7.58. The van der Waals surface area contributed by atoms with E-state index >= 15 is 0 Å². The monoisotopic (exact) mass is 225 g/mol. The van der Waals surface area contributed by atoms with Gasteiger partial charge in [0.15, 0.2) is 0 Å². The highest BCUT2D eigenvalue weighted by Crippen LogP contribution is 2.07. The van der Waals surface area contributed by atoms with Gasteiger partial charge in [-0.3, -0.25) is 0 Å². The van der Waals surface area contributed by atoms with Crippen LogP contribution in [0.2, 0.25) is 0 Å². The summed E-state index contributed by atoms with van der Waals surface area (Å²) in [5.74, 6) is 5.55. The summed E-state index contributed by atoms with van der Waals surface area (Å²) in [5, 5.41) is 9.34. The summed E-state index contributed by atoms with van der Waals surface area (Å²) in [4.78, 5) is 2.44. The molecule has 1 rings (SSSR count). The second-order valence-electron chi connectivity index (χ2n) is 4.82. The molecule has 1 fully saturated rings. The quantitative estimate of drug-likeness (QED) is 0.577. The van der Waals surface area contributed by atoms with Crippen molar-refractivity contribution in [2.45, 2.75) is 38.7 Å². The Morgan fingerprint density at radius 3 is 2.56 bits per heavy atom. The fraction of sp³-hybridized carbons (Fsp3) is 0.846. The summed E-state index contributed by atoms with van der Waals surface area (Å²) in [6.07, 6.45) is 4.01. The van der Waals surface area contributed by atoms with Crippen LogP contribution in [0.25, 0.3) is 0 Å². The van der Waals surface area contributed by atoms with E-state index in [0.717, 1.165) is 13.2 Å². The second kappa shape index (κ2) is 6.90. The second-order valence-corrected chi connectivity index (χ2v) is 4.82. The molecule has 0 spiro atoms. The normalized spacial score (nSPS) is 17.9. The van der Waals surface area contributed by atoms with E-state index < -0.39 is 5.60 Å². The number of rotatable bonds is 4. The van der Waals surface area contributed by atoms with Gasteiger partial charge in [-0.15, -0.1) is 0 Å². The molecular formula is C13H23NO2. The molecule has 1 heterocycles. The Morgan fingerprint density at radius 2 is 1.94 bits per heavy atom. The number of nitrogens with zero attached hydrogens (tertiary/aromatic N) is 1. The smallest absolute Gasteiger partial charge is 0.120 e. The van der Waals surface area contributed by atoms with Gasteiger partial charge in [0.25, 0.3) is 0 Å². The highest BCUT2D eigenvalue weighted by atomic mass is 16.5. The van der Waals surface area contributed by atoms with Gasteiger partial charge in [-0.05, 0) is 39.8 Å². The van der Waals surface area contributed by atoms with Gasteiger partial charge in [-0.2, -0.15) is 0 Å². The van der Waals surface area contributed by atoms with Gasteiger partial charge >= 0.3 is 0 Å². The Bertz CT molecular complexity index is 241. The van der Waals surface area contributed by atoms with E-state index in [9.17, 15) is 5.11 Å². The van der Waals surface area contributed by atoms with Crippen LogP contribution in [0.4, 0.5) is 0 Å². The largest absolute Gasteiger partial charge is 0.378 e. The van der Waals surface area contributed by atoms with Crippen LogP contribution >= 0.6 is 0 Å². The van der Waals surface area contributed by atoms with Crippen LogP contribution in [-0.4, -0.2) is 48.5 Å². The van der Waals surface area contributed by atoms with Gasteiger partial charge in [0.1, 0.15) is 12.2 Å². The number of likely N-dealkylation sites (tertiary alicyclic amines) is 1. The van der Waals surface area contributed by atoms with Gasteiger partial charge in [-0.1, -0.05) is 18.3 Å². The lowest BCUT2D eigenvalue weighted by Gasteiger charge is -2.25. The average Bonchev–Trinajstić information content (AvgIpc) is 2.23. The summed E-state index contributed by atoms with van der Waals surface area (Å²) in [7, 11) is 0. The number of hydrogen-bond acceptors (Lipinski definition) is 3. The molecule has 16 heavy (non-hydrogen) atoms. The fourth-order valence-electron chi connectivity index (χ4n) is 1.75. The van der Waals surface area contributed by atoms with Crippen molar-refractivity contribution in [1.29, 1.82) is 0 Å². The summed E-state index contributed by atoms with van der Waals surface area (Å²) < 4.78 is 5.41. The van der Waals surface area contributed by atoms with Crippen LogP contribution in [0.1, 0.15) is 33.1 Å². The molecule has 0 saturated carbocycles. The number of hydrogen-bond donors (Lipinski definition) is 1. The molecule has 0 unspecified atom stereocenters. The van der Waals surface area contributed by atoms with Crippen molar-refractivity contribution in [3.05, 3.63) is 0 Å². The zero-order valence-corrected chi connectivity index (χ0v) is 10.5. The molecule has 0 amide bonds. The third-order valence-corrected chi connectivity index (χ3v) is 2.57. The first-order valence-corrected chi connectivity index (χ1v) is 6.10. The van der Waals surface area contributed by atoms with Gasteiger partial charge in [0, 0.05) is 6.54 Å². The van der Waals surface area contributed by atoms with Gasteiger partial charge < -0.3 is 14.7 Å². The van der Waals surface area contributed by atoms with Crippen LogP contribution in [0, 0.1) is 11.8 Å². The zero-order valence-electron chi connectivity index (χ0n) is 10.5. The van der Waals surface area contributed by atoms with Crippen molar-refractivity contribution in [2.24, 2.45) is 0 Å². The van der Waals surface area contributed by atoms with E-state index in [0.29, 0.717) is 6.61 Å². The van der Waals surface area contributed by atoms with Crippen LogP contribution < -0.4 is 0 Å². The predicted octanol–water partition coefficient (Wildman–Crippen LogP) is 1.26. The minimum absolute atomic E-state index is 0.415. The number of ether oxygens (including phenoxy) is 1. The Labute approximate surface area is 98.8 Å². The zero-order chi connectivity index (χ0) is 11.9. The van der Waals surface area contributed by atoms with E-state index in [-0.39, 0.29) is 0 Å². The Hall–Kier alpha value is -0.560. The topological polar surface area (TPSA) is 32.7 Å². The molecule has 1 N–H and O–H groups in total. The van der Waals surface area contributed by atoms with Gasteiger partial charge in [0.05, 0.1) is 6.61 Å². The summed E-state index contributed by atoms with van der Waals surface area (Å²) in [5.41, 5.74) is -0.907. The highest BCUT2D eigenvalue weighted by molar-refractivity contribution is 5.10. The lowest BCUT2D eigenvalue weighted by molar-refractivity contribution is 0.116. The minimum Gasteiger partial charge on any atom is -0.378 e. The summed E-state index contributed by atoms with van der Waals surface area (Å²) in [6.45, 7) is 7.92. The Morgan fingerprint density at radius 1 is 1.25 bits per heavy atom. The maximum Gasteiger partial charge on any atom is 0.120 e. The van der Waals surface area contributed by atoms with Crippen molar-refractivity contribution >= 4 is 0 Å². The van der Waals surface area contributed by atoms with E-state index in [4.69, 9.17) is 4.74 Å². The third-order valence-electron chi connectivity index (χ3n) is 2.57. The molecule has 0 aromatic heterocycles. The Kier molecular flexibility index (Phi) is 5.83. The first kappa shape index (κ1) is 13.5. The molecule has 3 heteroatoms. The van der Waals surface area contributed by atoms with E-state index in [2.05, 4.69) is 16.7 Å². The molecule has 3 nitrogen and oxygen atoms in total. The summed E-state index contributed by atoms with van der Waals surface area (Å²) >= 11 is 0. The lowest BCUT2D eigenvalue weighted by atomic mass is 10.1. The predicted molar refractivity (Wildman–Crippen MR) is 65.2 cm³/mol. The highest BCUT2D eigenvalue weighted by Gasteiger charge is 2.08. The number of piperidine rings is 1. The maximum atomic E-state index is 9.34. The molecule has 0 atom stereocenters. The van der Waals surface area contributed by atoms with E-state index in [1.54, 1.807) is 13.8 Å². The van der Waals surface area contributed by atoms with Crippen LogP contribution in [0.15, 0.2) is 0 Å². The lowest BCUT2D eigenvalue weighted by Crippen LogP contribution is -2.32. The molecule has 92 valence electrons. The molecule has 0 aromatic rings. The van der Waals surface area contributed by atoms with E-state index in [1.807, 2.05) is 0 Å². The van der Waals surface area contributed by atoms with Crippen molar-refractivity contribution in [2.75, 3.05) is 32.8 Å². The molecule has 0 aromatic carbocycles. The molecule has 1 aliphatic rings. The SMILES string of the molecule is CC(C)(O)C#CCOCCN1CCCCC1. The maximum absolute atomic E-state index is 9.34. The number of aliphatic hydroxyl groups is 1. The van der Waals surface area contributed by atoms with Crippen molar-refractivity contribution in [3.8, 4) is 11.8 Å². The van der Waals surface area contributed by atoms with Crippen molar-refractivity contribution in [1.82, 2.24) is 4.90 Å². The molecule has 1 aliphatic heterocycles. The Balaban J connectivity index is 2.00. The third kappa shape index (κ3) is 6.84. The molecule has 0 bridgehead atoms. The minimum atomic E-state index is -0.907. The molecular weight excluding hydrogens is 202 g/mol. The molecule has 1 saturated heterocycles. The molecule has 0 aliphatic carbocycles. The first-order valence-electron chi connectivity index (χ1n) is 6.10. The van der Waals surface area contributed by atoms with E-state index in [1.165, 1.54) is 32.4 Å². The van der Waals surface area contributed by atoms with Gasteiger partial charge in [-0.25, -0.2) is 0 Å². The molecule has 0 radical (unpaired) electrons. The standard InChI is InChI=1S/C13H23NO2/c1-13(2,15)7-6-11-16-12-10-14-8-4-3-5-9-14/h15H,3-5,8-12H2,1-2H3. The van der Waals surface area contributed by atoms with Crippen LogP contribution in [0.3, 0.4) is 0 Å². The van der Waals surface area contributed by atoms with Crippen molar-refractivity contribution < 1.29 is 9.84 Å². The average molecular weight is 225 g/mol. The van der Waals surface area contributed by atoms with Gasteiger partial charge in [0.2, 0.25) is 0 Å². The fourth-order valence-corrected chi connectivity index (χ4v) is 1.75. The van der Waals surface area contributed by atoms with Crippen molar-refractivity contribution in [3.63, 3.8) is 0 Å². The van der Waals surface area contributed by atoms with Crippen LogP contribution in [0.5, 0.6) is 0 Å². The summed E-state index contributed by atoms with van der Waals surface area (Å²) in [6, 6.07) is 0. The van der Waals surface area contributed by atoms with Crippen LogP contribution in [-0.2, 0) is 4.74 Å².